The average Bonchev–Trinajstić information content (AvgIpc) is 3.11. The molecule has 0 spiro atoms. The fraction of sp³-hybridized carbons (Fsp3) is 0.263. The van der Waals surface area contributed by atoms with Gasteiger partial charge in [0, 0.05) is 28.3 Å². The van der Waals surface area contributed by atoms with Crippen molar-refractivity contribution in [1.29, 1.82) is 0 Å². The molecule has 0 saturated carbocycles. The molecule has 1 fully saturated rings. The Bertz CT molecular complexity index is 871. The molecular weight excluding hydrogens is 358 g/mol. The smallest absolute Gasteiger partial charge is 0.344 e. The molecule has 2 aromatic carbocycles. The van der Waals surface area contributed by atoms with Gasteiger partial charge >= 0.3 is 5.97 Å². The summed E-state index contributed by atoms with van der Waals surface area (Å²) in [4.78, 5) is 27.0. The van der Waals surface area contributed by atoms with Gasteiger partial charge in [-0.3, -0.25) is 9.69 Å². The van der Waals surface area contributed by atoms with Crippen molar-refractivity contribution in [2.45, 2.75) is 35.6 Å². The summed E-state index contributed by atoms with van der Waals surface area (Å²) in [5, 5.41) is 0.557. The highest BCUT2D eigenvalue weighted by Gasteiger charge is 2.58. The van der Waals surface area contributed by atoms with Gasteiger partial charge in [0.15, 0.2) is 4.87 Å². The van der Waals surface area contributed by atoms with Crippen molar-refractivity contribution in [2.24, 2.45) is 0 Å². The number of carbonyl (C=O) groups is 2. The van der Waals surface area contributed by atoms with Gasteiger partial charge in [-0.25, -0.2) is 4.79 Å². The Balaban J connectivity index is 1.64. The van der Waals surface area contributed by atoms with E-state index in [2.05, 4.69) is 0 Å². The molecule has 2 aliphatic heterocycles. The van der Waals surface area contributed by atoms with Crippen LogP contribution in [0, 0.1) is 0 Å². The van der Waals surface area contributed by atoms with E-state index in [0.29, 0.717) is 17.9 Å². The molecule has 0 N–H and O–H groups in total. The quantitative estimate of drug-likeness (QED) is 0.739. The van der Waals surface area contributed by atoms with Crippen molar-refractivity contribution in [3.05, 3.63) is 59.1 Å². The third-order valence-corrected chi connectivity index (χ3v) is 6.42. The largest absolute Gasteiger partial charge is 0.455 e. The summed E-state index contributed by atoms with van der Waals surface area (Å²) in [7, 11) is 0. The van der Waals surface area contributed by atoms with E-state index in [1.807, 2.05) is 42.5 Å². The number of anilines is 1. The predicted molar refractivity (Wildman–Crippen MR) is 97.7 cm³/mol. The topological polar surface area (TPSA) is 46.6 Å². The first kappa shape index (κ1) is 16.5. The SMILES string of the molecule is C[C@@H](OC(=O)[C@@]12CCC(=O)N1c1ccccc1S2)c1ccccc1Cl. The number of esters is 1. The first-order chi connectivity index (χ1) is 12.0. The van der Waals surface area contributed by atoms with E-state index >= 15 is 0 Å². The van der Waals surface area contributed by atoms with E-state index in [-0.39, 0.29) is 5.91 Å². The van der Waals surface area contributed by atoms with Crippen LogP contribution in [0.15, 0.2) is 53.4 Å². The van der Waals surface area contributed by atoms with Gasteiger partial charge < -0.3 is 4.74 Å². The molecule has 2 aromatic rings. The van der Waals surface area contributed by atoms with Crippen molar-refractivity contribution in [3.8, 4) is 0 Å². The number of ether oxygens (including phenoxy) is 1. The van der Waals surface area contributed by atoms with E-state index in [9.17, 15) is 9.59 Å². The molecular formula is C19H16ClNO3S. The second-order valence-electron chi connectivity index (χ2n) is 6.15. The minimum absolute atomic E-state index is 0.0419. The highest BCUT2D eigenvalue weighted by Crippen LogP contribution is 2.56. The molecule has 4 nitrogen and oxygen atoms in total. The minimum atomic E-state index is -1.00. The predicted octanol–water partition coefficient (Wildman–Crippen LogP) is 4.57. The number of thioether (sulfide) groups is 1. The number of carbonyl (C=O) groups excluding carboxylic acids is 2. The van der Waals surface area contributed by atoms with Crippen molar-refractivity contribution in [2.75, 3.05) is 4.90 Å². The normalized spacial score (nSPS) is 22.5. The second-order valence-corrected chi connectivity index (χ2v) is 7.88. The van der Waals surface area contributed by atoms with Crippen LogP contribution in [0.1, 0.15) is 31.4 Å². The first-order valence-corrected chi connectivity index (χ1v) is 9.29. The van der Waals surface area contributed by atoms with E-state index < -0.39 is 16.9 Å². The zero-order valence-corrected chi connectivity index (χ0v) is 15.1. The molecule has 0 aromatic heterocycles. The molecule has 25 heavy (non-hydrogen) atoms. The third-order valence-electron chi connectivity index (χ3n) is 4.62. The van der Waals surface area contributed by atoms with Gasteiger partial charge in [0.05, 0.1) is 5.69 Å². The number of rotatable bonds is 3. The van der Waals surface area contributed by atoms with E-state index in [1.165, 1.54) is 11.8 Å². The van der Waals surface area contributed by atoms with Crippen molar-refractivity contribution in [1.82, 2.24) is 0 Å². The number of benzene rings is 2. The molecule has 2 heterocycles. The maximum atomic E-state index is 13.1. The Morgan fingerprint density at radius 3 is 2.76 bits per heavy atom. The zero-order chi connectivity index (χ0) is 17.6. The summed E-state index contributed by atoms with van der Waals surface area (Å²) in [6, 6.07) is 14.9. The van der Waals surface area contributed by atoms with Gasteiger partial charge in [0.2, 0.25) is 5.91 Å². The number of hydrogen-bond donors (Lipinski definition) is 0. The monoisotopic (exact) mass is 373 g/mol. The first-order valence-electron chi connectivity index (χ1n) is 8.09. The molecule has 128 valence electrons. The molecule has 0 unspecified atom stereocenters. The molecule has 2 aliphatic rings. The fourth-order valence-corrected chi connectivity index (χ4v) is 5.08. The van der Waals surface area contributed by atoms with Gasteiger partial charge in [-0.05, 0) is 25.1 Å². The molecule has 0 aliphatic carbocycles. The van der Waals surface area contributed by atoms with Gasteiger partial charge in [-0.2, -0.15) is 0 Å². The lowest BCUT2D eigenvalue weighted by Gasteiger charge is -2.30. The summed E-state index contributed by atoms with van der Waals surface area (Å²) in [6.45, 7) is 1.80. The Hall–Kier alpha value is -1.98. The number of hydrogen-bond acceptors (Lipinski definition) is 4. The van der Waals surface area contributed by atoms with Gasteiger partial charge in [0.25, 0.3) is 0 Å². The van der Waals surface area contributed by atoms with Crippen LogP contribution in [-0.4, -0.2) is 16.7 Å². The Morgan fingerprint density at radius 1 is 1.24 bits per heavy atom. The van der Waals surface area contributed by atoms with Crippen LogP contribution in [0.2, 0.25) is 5.02 Å². The molecule has 1 amide bonds. The van der Waals surface area contributed by atoms with E-state index in [1.54, 1.807) is 17.9 Å². The number of fused-ring (bicyclic) bond motifs is 3. The lowest BCUT2D eigenvalue weighted by atomic mass is 10.1. The lowest BCUT2D eigenvalue weighted by Crippen LogP contribution is -2.48. The standard InChI is InChI=1S/C19H16ClNO3S/c1-12(13-6-2-3-7-14(13)20)24-18(23)19-11-10-17(22)21(19)15-8-4-5-9-16(15)25-19/h2-9,12H,10-11H2,1H3/t12-,19+/m1/s1. The van der Waals surface area contributed by atoms with Crippen LogP contribution in [0.5, 0.6) is 0 Å². The van der Waals surface area contributed by atoms with E-state index in [0.717, 1.165) is 16.1 Å². The van der Waals surface area contributed by atoms with Gasteiger partial charge in [-0.1, -0.05) is 53.7 Å². The minimum Gasteiger partial charge on any atom is -0.455 e. The maximum absolute atomic E-state index is 13.1. The summed E-state index contributed by atoms with van der Waals surface area (Å²) in [6.07, 6.45) is 0.299. The summed E-state index contributed by atoms with van der Waals surface area (Å²) < 4.78 is 5.75. The van der Waals surface area contributed by atoms with Crippen molar-refractivity contribution < 1.29 is 14.3 Å². The van der Waals surface area contributed by atoms with Crippen LogP contribution in [0.25, 0.3) is 0 Å². The zero-order valence-electron chi connectivity index (χ0n) is 13.6. The maximum Gasteiger partial charge on any atom is 0.344 e. The van der Waals surface area contributed by atoms with Gasteiger partial charge in [0.1, 0.15) is 6.10 Å². The van der Waals surface area contributed by atoms with Crippen molar-refractivity contribution >= 4 is 40.9 Å². The van der Waals surface area contributed by atoms with Crippen LogP contribution >= 0.6 is 23.4 Å². The number of nitrogens with zero attached hydrogens (tertiary/aromatic N) is 1. The molecule has 4 rings (SSSR count). The number of para-hydroxylation sites is 1. The molecule has 1 saturated heterocycles. The third kappa shape index (κ3) is 2.53. The van der Waals surface area contributed by atoms with Crippen LogP contribution in [-0.2, 0) is 14.3 Å². The Morgan fingerprint density at radius 2 is 1.96 bits per heavy atom. The molecule has 2 atom stereocenters. The van der Waals surface area contributed by atoms with Crippen LogP contribution in [0.4, 0.5) is 5.69 Å². The summed E-state index contributed by atoms with van der Waals surface area (Å²) in [5.74, 6) is -0.438. The fourth-order valence-electron chi connectivity index (χ4n) is 3.39. The average molecular weight is 374 g/mol. The Labute approximate surface area is 155 Å². The summed E-state index contributed by atoms with van der Waals surface area (Å²) >= 11 is 7.61. The second kappa shape index (κ2) is 6.07. The number of halogens is 1. The number of amides is 1. The molecule has 0 radical (unpaired) electrons. The lowest BCUT2D eigenvalue weighted by molar-refractivity contribution is -0.151. The Kier molecular flexibility index (Phi) is 4.01. The van der Waals surface area contributed by atoms with Crippen LogP contribution in [0.3, 0.4) is 0 Å². The molecule has 0 bridgehead atoms. The highest BCUT2D eigenvalue weighted by atomic mass is 35.5. The van der Waals surface area contributed by atoms with Gasteiger partial charge in [-0.15, -0.1) is 0 Å². The summed E-state index contributed by atoms with van der Waals surface area (Å²) in [5.41, 5.74) is 1.54. The van der Waals surface area contributed by atoms with E-state index in [4.69, 9.17) is 16.3 Å². The molecule has 6 heteroatoms. The highest BCUT2D eigenvalue weighted by molar-refractivity contribution is 8.02. The van der Waals surface area contributed by atoms with Crippen LogP contribution < -0.4 is 4.90 Å². The van der Waals surface area contributed by atoms with Crippen molar-refractivity contribution in [3.63, 3.8) is 0 Å².